The summed E-state index contributed by atoms with van der Waals surface area (Å²) in [5.41, 5.74) is 0.310. The Morgan fingerprint density at radius 1 is 1.10 bits per heavy atom. The van der Waals surface area contributed by atoms with Crippen molar-refractivity contribution >= 4 is 22.7 Å². The Hall–Kier alpha value is -4.41. The second kappa shape index (κ2) is 10.9. The average Bonchev–Trinajstić information content (AvgIpc) is 2.96. The van der Waals surface area contributed by atoms with Crippen LogP contribution in [0.1, 0.15) is 29.8 Å². The molecule has 5 rings (SSSR count). The van der Waals surface area contributed by atoms with E-state index in [1.807, 2.05) is 16.7 Å². The SMILES string of the molecule is [C-]#[N+]c1ccc2c(n1)c(N1C[C@@H](CO)N(C(c3ccc(F)cc3)c3ccc(C(F)(F)F)cn3)C[C@@H]1C)nc(=O)n2C. The number of fused-ring (bicyclic) bond motifs is 1. The highest BCUT2D eigenvalue weighted by Gasteiger charge is 2.39. The zero-order chi connectivity index (χ0) is 29.5. The number of piperazine rings is 1. The van der Waals surface area contributed by atoms with Crippen molar-refractivity contribution in [1.82, 2.24) is 24.4 Å². The van der Waals surface area contributed by atoms with E-state index in [1.165, 1.54) is 41.0 Å². The maximum Gasteiger partial charge on any atom is 0.417 e. The van der Waals surface area contributed by atoms with Gasteiger partial charge in [0.05, 0.1) is 35.5 Å². The number of aliphatic hydroxyl groups excluding tert-OH is 1. The van der Waals surface area contributed by atoms with Crippen LogP contribution in [0.15, 0.2) is 59.5 Å². The molecule has 1 saturated heterocycles. The Labute approximate surface area is 232 Å². The molecule has 0 aliphatic carbocycles. The summed E-state index contributed by atoms with van der Waals surface area (Å²) in [6.45, 7) is 9.35. The molecule has 1 N–H and O–H groups in total. The quantitative estimate of drug-likeness (QED) is 0.287. The minimum Gasteiger partial charge on any atom is -0.395 e. The number of hydrogen-bond donors (Lipinski definition) is 1. The molecule has 0 saturated carbocycles. The number of aryl methyl sites for hydroxylation is 1. The number of aromatic nitrogens is 4. The number of pyridine rings is 2. The Morgan fingerprint density at radius 2 is 1.83 bits per heavy atom. The van der Waals surface area contributed by atoms with Crippen LogP contribution in [-0.4, -0.2) is 61.3 Å². The highest BCUT2D eigenvalue weighted by atomic mass is 19.4. The summed E-state index contributed by atoms with van der Waals surface area (Å²) in [6.07, 6.45) is -3.80. The minimum absolute atomic E-state index is 0.133. The van der Waals surface area contributed by atoms with Gasteiger partial charge in [-0.1, -0.05) is 18.7 Å². The molecule has 0 amide bonds. The largest absolute Gasteiger partial charge is 0.417 e. The molecule has 1 aliphatic rings. The fourth-order valence-electron chi connectivity index (χ4n) is 5.21. The summed E-state index contributed by atoms with van der Waals surface area (Å²) in [5.74, 6) is -0.0706. The van der Waals surface area contributed by atoms with Crippen molar-refractivity contribution in [2.45, 2.75) is 31.2 Å². The molecule has 3 aromatic heterocycles. The van der Waals surface area contributed by atoms with E-state index < -0.39 is 35.3 Å². The number of nitrogens with zero attached hydrogens (tertiary/aromatic N) is 7. The van der Waals surface area contributed by atoms with Gasteiger partial charge in [0.25, 0.3) is 5.82 Å². The molecule has 1 aliphatic heterocycles. The maximum atomic E-state index is 13.8. The molecule has 13 heteroatoms. The van der Waals surface area contributed by atoms with E-state index in [-0.39, 0.29) is 37.4 Å². The molecule has 0 bridgehead atoms. The lowest BCUT2D eigenvalue weighted by Gasteiger charge is -2.48. The van der Waals surface area contributed by atoms with E-state index >= 15 is 0 Å². The van der Waals surface area contributed by atoms with Gasteiger partial charge in [0.1, 0.15) is 5.82 Å². The van der Waals surface area contributed by atoms with Crippen molar-refractivity contribution in [2.75, 3.05) is 24.6 Å². The van der Waals surface area contributed by atoms with Gasteiger partial charge < -0.3 is 14.9 Å². The average molecular weight is 568 g/mol. The van der Waals surface area contributed by atoms with Crippen LogP contribution in [-0.2, 0) is 13.2 Å². The Balaban J connectivity index is 1.57. The highest BCUT2D eigenvalue weighted by molar-refractivity contribution is 5.87. The first kappa shape index (κ1) is 28.1. The van der Waals surface area contributed by atoms with Crippen molar-refractivity contribution in [3.05, 3.63) is 99.3 Å². The number of aliphatic hydroxyl groups is 1. The molecule has 1 aromatic carbocycles. The molecular formula is C28H25F4N7O2. The molecule has 41 heavy (non-hydrogen) atoms. The minimum atomic E-state index is -4.56. The van der Waals surface area contributed by atoms with E-state index in [9.17, 15) is 27.5 Å². The van der Waals surface area contributed by atoms with Gasteiger partial charge in [-0.2, -0.15) is 18.2 Å². The number of halogens is 4. The zero-order valence-corrected chi connectivity index (χ0v) is 22.0. The number of rotatable bonds is 5. The van der Waals surface area contributed by atoms with Gasteiger partial charge in [-0.05, 0) is 48.9 Å². The summed E-state index contributed by atoms with van der Waals surface area (Å²) in [7, 11) is 1.56. The van der Waals surface area contributed by atoms with Crippen molar-refractivity contribution in [3.63, 3.8) is 0 Å². The van der Waals surface area contributed by atoms with Crippen molar-refractivity contribution in [1.29, 1.82) is 0 Å². The molecule has 1 unspecified atom stereocenters. The second-order valence-corrected chi connectivity index (χ2v) is 9.88. The summed E-state index contributed by atoms with van der Waals surface area (Å²) in [5, 5.41) is 10.5. The molecule has 4 heterocycles. The van der Waals surface area contributed by atoms with E-state index in [0.717, 1.165) is 12.3 Å². The third kappa shape index (κ3) is 5.36. The van der Waals surface area contributed by atoms with Crippen LogP contribution in [0, 0.1) is 12.4 Å². The molecule has 1 fully saturated rings. The molecule has 4 aromatic rings. The lowest BCUT2D eigenvalue weighted by atomic mass is 9.96. The van der Waals surface area contributed by atoms with E-state index in [0.29, 0.717) is 22.3 Å². The predicted molar refractivity (Wildman–Crippen MR) is 143 cm³/mol. The first-order chi connectivity index (χ1) is 19.5. The molecule has 212 valence electrons. The van der Waals surface area contributed by atoms with Crippen LogP contribution in [0.4, 0.5) is 29.2 Å². The normalized spacial score (nSPS) is 18.8. The second-order valence-electron chi connectivity index (χ2n) is 9.88. The Bertz CT molecular complexity index is 1670. The first-order valence-electron chi connectivity index (χ1n) is 12.7. The molecule has 3 atom stereocenters. The van der Waals surface area contributed by atoms with Gasteiger partial charge in [0.2, 0.25) is 5.52 Å². The molecular weight excluding hydrogens is 542 g/mol. The topological polar surface area (TPSA) is 91.7 Å². The van der Waals surface area contributed by atoms with Crippen LogP contribution in [0.3, 0.4) is 0 Å². The van der Waals surface area contributed by atoms with Gasteiger partial charge in [-0.3, -0.25) is 14.5 Å². The number of hydrogen-bond acceptors (Lipinski definition) is 7. The fourth-order valence-corrected chi connectivity index (χ4v) is 5.21. The zero-order valence-electron chi connectivity index (χ0n) is 22.0. The van der Waals surface area contributed by atoms with Gasteiger partial charge in [-0.25, -0.2) is 9.18 Å². The summed E-state index contributed by atoms with van der Waals surface area (Å²) < 4.78 is 54.9. The Kier molecular flexibility index (Phi) is 7.46. The van der Waals surface area contributed by atoms with Crippen LogP contribution < -0.4 is 10.6 Å². The summed E-state index contributed by atoms with van der Waals surface area (Å²) in [6, 6.07) is 9.36. The van der Waals surface area contributed by atoms with Crippen LogP contribution in [0.25, 0.3) is 15.9 Å². The number of alkyl halides is 3. The summed E-state index contributed by atoms with van der Waals surface area (Å²) >= 11 is 0. The third-order valence-electron chi connectivity index (χ3n) is 7.31. The first-order valence-corrected chi connectivity index (χ1v) is 12.7. The summed E-state index contributed by atoms with van der Waals surface area (Å²) in [4.78, 5) is 32.7. The Morgan fingerprint density at radius 3 is 2.44 bits per heavy atom. The number of benzene rings is 1. The smallest absolute Gasteiger partial charge is 0.395 e. The van der Waals surface area contributed by atoms with Crippen molar-refractivity contribution in [3.8, 4) is 0 Å². The van der Waals surface area contributed by atoms with Crippen LogP contribution >= 0.6 is 0 Å². The van der Waals surface area contributed by atoms with Crippen molar-refractivity contribution in [2.24, 2.45) is 7.05 Å². The number of anilines is 1. The highest BCUT2D eigenvalue weighted by Crippen LogP contribution is 2.36. The van der Waals surface area contributed by atoms with Gasteiger partial charge >= 0.3 is 11.9 Å². The van der Waals surface area contributed by atoms with E-state index in [4.69, 9.17) is 6.57 Å². The van der Waals surface area contributed by atoms with Crippen LogP contribution in [0.2, 0.25) is 0 Å². The van der Waals surface area contributed by atoms with Gasteiger partial charge in [0, 0.05) is 32.4 Å². The van der Waals surface area contributed by atoms with E-state index in [1.54, 1.807) is 13.1 Å². The standard InChI is InChI=1S/C28H25F4N7O2/c1-16-13-39(25(17-4-7-19(29)8-5-17)21-9-6-18(12-34-21)28(30,31)32)20(15-40)14-38(16)26-24-22(37(3)27(41)36-26)10-11-23(33-2)35-24/h4-12,16,20,25,40H,13-15H2,1,3H3/t16-,20-,25?/m0/s1. The van der Waals surface area contributed by atoms with Crippen LogP contribution in [0.5, 0.6) is 0 Å². The monoisotopic (exact) mass is 567 g/mol. The molecule has 0 spiro atoms. The van der Waals surface area contributed by atoms with Gasteiger partial charge in [0.15, 0.2) is 5.82 Å². The van der Waals surface area contributed by atoms with Crippen molar-refractivity contribution < 1.29 is 22.7 Å². The molecule has 0 radical (unpaired) electrons. The third-order valence-corrected chi connectivity index (χ3v) is 7.31. The fraction of sp³-hybridized carbons (Fsp3) is 0.321. The predicted octanol–water partition coefficient (Wildman–Crippen LogP) is 4.09. The van der Waals surface area contributed by atoms with E-state index in [2.05, 4.69) is 19.8 Å². The lowest BCUT2D eigenvalue weighted by Crippen LogP contribution is -2.60. The molecule has 9 nitrogen and oxygen atoms in total. The lowest BCUT2D eigenvalue weighted by molar-refractivity contribution is -0.137. The van der Waals surface area contributed by atoms with Gasteiger partial charge in [-0.15, -0.1) is 4.98 Å². The maximum absolute atomic E-state index is 13.8.